The topological polar surface area (TPSA) is 70.9 Å². The number of rotatable bonds is 5. The molecule has 0 spiro atoms. The molecule has 0 aliphatic carbocycles. The van der Waals surface area contributed by atoms with Crippen molar-refractivity contribution in [3.8, 4) is 0 Å². The van der Waals surface area contributed by atoms with Crippen LogP contribution in [0.2, 0.25) is 0 Å². The highest BCUT2D eigenvalue weighted by atomic mass is 19.4. The number of aromatic nitrogens is 2. The third-order valence-corrected chi connectivity index (χ3v) is 3.40. The SMILES string of the molecule is CCC=NOCC(=O)N1CCN(c2ncc(C(F)(F)F)cn2)CC1. The number of piperazine rings is 1. The zero-order valence-electron chi connectivity index (χ0n) is 13.2. The Morgan fingerprint density at radius 3 is 2.46 bits per heavy atom. The fourth-order valence-electron chi connectivity index (χ4n) is 2.10. The van der Waals surface area contributed by atoms with E-state index in [-0.39, 0.29) is 18.5 Å². The largest absolute Gasteiger partial charge is 0.419 e. The first-order chi connectivity index (χ1) is 11.4. The van der Waals surface area contributed by atoms with Gasteiger partial charge in [-0.15, -0.1) is 0 Å². The van der Waals surface area contributed by atoms with E-state index >= 15 is 0 Å². The minimum Gasteiger partial charge on any atom is -0.386 e. The van der Waals surface area contributed by atoms with Crippen molar-refractivity contribution in [1.82, 2.24) is 14.9 Å². The van der Waals surface area contributed by atoms with Gasteiger partial charge in [-0.25, -0.2) is 9.97 Å². The van der Waals surface area contributed by atoms with Crippen LogP contribution in [0, 0.1) is 0 Å². The van der Waals surface area contributed by atoms with Gasteiger partial charge in [-0.3, -0.25) is 4.79 Å². The van der Waals surface area contributed by atoms with Crippen LogP contribution >= 0.6 is 0 Å². The van der Waals surface area contributed by atoms with Crippen LogP contribution in [0.4, 0.5) is 19.1 Å². The first-order valence-electron chi connectivity index (χ1n) is 7.47. The molecule has 0 atom stereocenters. The van der Waals surface area contributed by atoms with Crippen LogP contribution in [0.15, 0.2) is 17.5 Å². The van der Waals surface area contributed by atoms with Crippen LogP contribution in [0.3, 0.4) is 0 Å². The summed E-state index contributed by atoms with van der Waals surface area (Å²) >= 11 is 0. The monoisotopic (exact) mass is 345 g/mol. The minimum absolute atomic E-state index is 0.132. The number of hydrogen-bond donors (Lipinski definition) is 0. The van der Waals surface area contributed by atoms with Gasteiger partial charge in [-0.2, -0.15) is 13.2 Å². The van der Waals surface area contributed by atoms with Crippen LogP contribution in [-0.2, 0) is 15.8 Å². The quantitative estimate of drug-likeness (QED) is 0.598. The molecule has 0 saturated carbocycles. The molecule has 1 saturated heterocycles. The van der Waals surface area contributed by atoms with Gasteiger partial charge >= 0.3 is 6.18 Å². The van der Waals surface area contributed by atoms with Crippen molar-refractivity contribution in [3.05, 3.63) is 18.0 Å². The van der Waals surface area contributed by atoms with Crippen molar-refractivity contribution in [2.45, 2.75) is 19.5 Å². The standard InChI is InChI=1S/C14H18F3N5O2/c1-2-3-20-24-10-12(23)21-4-6-22(7-5-21)13-18-8-11(9-19-13)14(15,16)17/h3,8-9H,2,4-7,10H2,1H3. The van der Waals surface area contributed by atoms with E-state index in [0.717, 1.165) is 18.8 Å². The molecule has 7 nitrogen and oxygen atoms in total. The zero-order chi connectivity index (χ0) is 17.6. The lowest BCUT2D eigenvalue weighted by molar-refractivity contribution is -0.138. The van der Waals surface area contributed by atoms with Crippen molar-refractivity contribution >= 4 is 18.1 Å². The van der Waals surface area contributed by atoms with Gasteiger partial charge in [0.05, 0.1) is 5.56 Å². The summed E-state index contributed by atoms with van der Waals surface area (Å²) in [6.07, 6.45) is -0.643. The van der Waals surface area contributed by atoms with E-state index in [0.29, 0.717) is 26.2 Å². The van der Waals surface area contributed by atoms with Gasteiger partial charge in [-0.05, 0) is 6.42 Å². The number of nitrogens with zero attached hydrogens (tertiary/aromatic N) is 5. The number of carbonyl (C=O) groups excluding carboxylic acids is 1. The fourth-order valence-corrected chi connectivity index (χ4v) is 2.10. The van der Waals surface area contributed by atoms with Crippen LogP contribution in [0.25, 0.3) is 0 Å². The maximum atomic E-state index is 12.5. The molecule has 2 heterocycles. The van der Waals surface area contributed by atoms with E-state index in [1.54, 1.807) is 16.0 Å². The Hall–Kier alpha value is -2.39. The Morgan fingerprint density at radius 2 is 1.92 bits per heavy atom. The summed E-state index contributed by atoms with van der Waals surface area (Å²) in [5.41, 5.74) is -0.884. The van der Waals surface area contributed by atoms with E-state index in [1.165, 1.54) is 0 Å². The predicted molar refractivity (Wildman–Crippen MR) is 80.6 cm³/mol. The van der Waals surface area contributed by atoms with E-state index in [4.69, 9.17) is 4.84 Å². The molecule has 1 aromatic rings. The van der Waals surface area contributed by atoms with Crippen molar-refractivity contribution in [3.63, 3.8) is 0 Å². The average Bonchev–Trinajstić information content (AvgIpc) is 2.58. The molecular weight excluding hydrogens is 327 g/mol. The Bertz CT molecular complexity index is 569. The molecule has 0 unspecified atom stereocenters. The number of anilines is 1. The summed E-state index contributed by atoms with van der Waals surface area (Å²) in [7, 11) is 0. The third-order valence-electron chi connectivity index (χ3n) is 3.40. The van der Waals surface area contributed by atoms with Gasteiger partial charge in [0, 0.05) is 44.8 Å². The third kappa shape index (κ3) is 4.80. The molecule has 2 rings (SSSR count). The molecule has 24 heavy (non-hydrogen) atoms. The van der Waals surface area contributed by atoms with Crippen molar-refractivity contribution in [1.29, 1.82) is 0 Å². The van der Waals surface area contributed by atoms with E-state index in [1.807, 2.05) is 6.92 Å². The lowest BCUT2D eigenvalue weighted by Crippen LogP contribution is -2.50. The number of alkyl halides is 3. The van der Waals surface area contributed by atoms with Gasteiger partial charge in [-0.1, -0.05) is 12.1 Å². The predicted octanol–water partition coefficient (Wildman–Crippen LogP) is 1.56. The first kappa shape index (κ1) is 18.0. The molecule has 1 amide bonds. The van der Waals surface area contributed by atoms with Gasteiger partial charge in [0.2, 0.25) is 5.95 Å². The highest BCUT2D eigenvalue weighted by Crippen LogP contribution is 2.28. The maximum absolute atomic E-state index is 12.5. The van der Waals surface area contributed by atoms with E-state index in [9.17, 15) is 18.0 Å². The Kier molecular flexibility index (Phi) is 5.93. The van der Waals surface area contributed by atoms with E-state index in [2.05, 4.69) is 15.1 Å². The highest BCUT2D eigenvalue weighted by Gasteiger charge is 2.32. The second-order valence-electron chi connectivity index (χ2n) is 5.11. The summed E-state index contributed by atoms with van der Waals surface area (Å²) in [6.45, 7) is 3.49. The van der Waals surface area contributed by atoms with Gasteiger partial charge in [0.1, 0.15) is 0 Å². The summed E-state index contributed by atoms with van der Waals surface area (Å²) in [5, 5.41) is 3.62. The molecule has 0 bridgehead atoms. The Morgan fingerprint density at radius 1 is 1.29 bits per heavy atom. The van der Waals surface area contributed by atoms with Crippen molar-refractivity contribution in [2.24, 2.45) is 5.16 Å². The van der Waals surface area contributed by atoms with E-state index < -0.39 is 11.7 Å². The summed E-state index contributed by atoms with van der Waals surface area (Å²) in [6, 6.07) is 0. The van der Waals surface area contributed by atoms with Gasteiger partial charge < -0.3 is 14.6 Å². The Labute approximate surface area is 137 Å². The van der Waals surface area contributed by atoms with Gasteiger partial charge in [0.25, 0.3) is 5.91 Å². The number of amides is 1. The lowest BCUT2D eigenvalue weighted by atomic mass is 10.3. The number of carbonyl (C=O) groups is 1. The number of halogens is 3. The summed E-state index contributed by atoms with van der Waals surface area (Å²) in [5.74, 6) is 0.0372. The molecule has 0 N–H and O–H groups in total. The number of hydrogen-bond acceptors (Lipinski definition) is 6. The molecular formula is C14H18F3N5O2. The highest BCUT2D eigenvalue weighted by molar-refractivity contribution is 5.77. The van der Waals surface area contributed by atoms with Crippen molar-refractivity contribution in [2.75, 3.05) is 37.7 Å². The zero-order valence-corrected chi connectivity index (χ0v) is 13.2. The summed E-state index contributed by atoms with van der Waals surface area (Å²) < 4.78 is 37.5. The smallest absolute Gasteiger partial charge is 0.386 e. The molecule has 10 heteroatoms. The van der Waals surface area contributed by atoms with Gasteiger partial charge in [0.15, 0.2) is 6.61 Å². The molecule has 1 aromatic heterocycles. The second kappa shape index (κ2) is 7.93. The first-order valence-corrected chi connectivity index (χ1v) is 7.47. The molecule has 1 aliphatic heterocycles. The average molecular weight is 345 g/mol. The van der Waals surface area contributed by atoms with Crippen LogP contribution in [0.5, 0.6) is 0 Å². The van der Waals surface area contributed by atoms with Crippen LogP contribution < -0.4 is 4.90 Å². The van der Waals surface area contributed by atoms with Crippen LogP contribution in [-0.4, -0.2) is 59.8 Å². The minimum atomic E-state index is -4.45. The molecule has 0 aromatic carbocycles. The lowest BCUT2D eigenvalue weighted by Gasteiger charge is -2.34. The normalized spacial score (nSPS) is 15.8. The molecule has 132 valence electrons. The second-order valence-corrected chi connectivity index (χ2v) is 5.11. The fraction of sp³-hybridized carbons (Fsp3) is 0.571. The molecule has 0 radical (unpaired) electrons. The Balaban J connectivity index is 1.84. The number of oxime groups is 1. The van der Waals surface area contributed by atoms with Crippen molar-refractivity contribution < 1.29 is 22.8 Å². The summed E-state index contributed by atoms with van der Waals surface area (Å²) in [4.78, 5) is 27.7. The maximum Gasteiger partial charge on any atom is 0.419 e. The molecule has 1 fully saturated rings. The van der Waals surface area contributed by atoms with Crippen LogP contribution in [0.1, 0.15) is 18.9 Å². The molecule has 1 aliphatic rings.